The number of thiophene rings is 1. The van der Waals surface area contributed by atoms with E-state index in [2.05, 4.69) is 24.4 Å². The van der Waals surface area contributed by atoms with Crippen LogP contribution in [0.5, 0.6) is 0 Å². The van der Waals surface area contributed by atoms with Gasteiger partial charge < -0.3 is 10.2 Å². The van der Waals surface area contributed by atoms with Crippen LogP contribution in [0.15, 0.2) is 36.4 Å². The van der Waals surface area contributed by atoms with Crippen LogP contribution in [0.4, 0.5) is 10.5 Å². The van der Waals surface area contributed by atoms with Crippen LogP contribution in [0.2, 0.25) is 5.02 Å². The maximum atomic E-state index is 12.5. The molecular formula is C15H15ClN2OS2. The van der Waals surface area contributed by atoms with Crippen LogP contribution < -0.4 is 5.32 Å². The molecule has 110 valence electrons. The van der Waals surface area contributed by atoms with Gasteiger partial charge in [0.1, 0.15) is 5.37 Å². The third kappa shape index (κ3) is 3.36. The van der Waals surface area contributed by atoms with E-state index in [0.717, 1.165) is 18.0 Å². The van der Waals surface area contributed by atoms with Crippen molar-refractivity contribution < 1.29 is 4.79 Å². The molecule has 1 aliphatic rings. The molecule has 1 atom stereocenters. The topological polar surface area (TPSA) is 32.3 Å². The number of nitrogens with zero attached hydrogens (tertiary/aromatic N) is 1. The van der Waals surface area contributed by atoms with Crippen molar-refractivity contribution in [3.8, 4) is 0 Å². The van der Waals surface area contributed by atoms with E-state index in [1.165, 1.54) is 9.75 Å². The summed E-state index contributed by atoms with van der Waals surface area (Å²) in [5.41, 5.74) is 0.727. The minimum Gasteiger partial charge on any atom is -0.308 e. The Kier molecular flexibility index (Phi) is 4.42. The van der Waals surface area contributed by atoms with Gasteiger partial charge in [0.25, 0.3) is 0 Å². The van der Waals surface area contributed by atoms with Crippen LogP contribution in [-0.2, 0) is 0 Å². The summed E-state index contributed by atoms with van der Waals surface area (Å²) in [5.74, 6) is 0.963. The first-order valence-electron chi connectivity index (χ1n) is 6.64. The molecule has 1 aliphatic heterocycles. The van der Waals surface area contributed by atoms with Crippen molar-refractivity contribution in [1.29, 1.82) is 0 Å². The second-order valence-electron chi connectivity index (χ2n) is 4.81. The molecule has 0 spiro atoms. The van der Waals surface area contributed by atoms with Crippen LogP contribution in [0.3, 0.4) is 0 Å². The third-order valence-corrected chi connectivity index (χ3v) is 5.91. The highest BCUT2D eigenvalue weighted by Gasteiger charge is 2.31. The van der Waals surface area contributed by atoms with Crippen molar-refractivity contribution in [2.24, 2.45) is 0 Å². The second-order valence-corrected chi connectivity index (χ2v) is 7.75. The van der Waals surface area contributed by atoms with Gasteiger partial charge in [-0.1, -0.05) is 17.7 Å². The van der Waals surface area contributed by atoms with Gasteiger partial charge in [-0.05, 0) is 37.3 Å². The molecule has 2 heterocycles. The van der Waals surface area contributed by atoms with E-state index in [9.17, 15) is 4.79 Å². The monoisotopic (exact) mass is 338 g/mol. The van der Waals surface area contributed by atoms with Crippen molar-refractivity contribution in [3.05, 3.63) is 51.2 Å². The molecule has 0 saturated carbocycles. The maximum absolute atomic E-state index is 12.5. The SMILES string of the molecule is Cc1ccc([C@@H]2SCCN2C(=O)Nc2cccc(Cl)c2)s1. The number of thioether (sulfide) groups is 1. The molecule has 1 aromatic carbocycles. The van der Waals surface area contributed by atoms with Gasteiger partial charge in [-0.25, -0.2) is 4.79 Å². The molecule has 3 nitrogen and oxygen atoms in total. The van der Waals surface area contributed by atoms with E-state index in [1.807, 2.05) is 28.8 Å². The zero-order valence-electron chi connectivity index (χ0n) is 11.5. The lowest BCUT2D eigenvalue weighted by Crippen LogP contribution is -2.34. The predicted molar refractivity (Wildman–Crippen MR) is 91.4 cm³/mol. The minimum absolute atomic E-state index is 0.0710. The molecule has 1 fully saturated rings. The predicted octanol–water partition coefficient (Wildman–Crippen LogP) is 4.99. The number of amides is 2. The Balaban J connectivity index is 1.74. The molecule has 1 N–H and O–H groups in total. The molecule has 0 unspecified atom stereocenters. The van der Waals surface area contributed by atoms with Crippen LogP contribution in [-0.4, -0.2) is 23.2 Å². The van der Waals surface area contributed by atoms with E-state index >= 15 is 0 Å². The Morgan fingerprint density at radius 3 is 2.95 bits per heavy atom. The number of aryl methyl sites for hydroxylation is 1. The summed E-state index contributed by atoms with van der Waals surface area (Å²) in [6.07, 6.45) is 0. The van der Waals surface area contributed by atoms with Crippen molar-refractivity contribution in [3.63, 3.8) is 0 Å². The van der Waals surface area contributed by atoms with Gasteiger partial charge in [-0.3, -0.25) is 0 Å². The molecule has 1 aromatic heterocycles. The number of carbonyl (C=O) groups excluding carboxylic acids is 1. The van der Waals surface area contributed by atoms with E-state index < -0.39 is 0 Å². The normalized spacial score (nSPS) is 18.0. The quantitative estimate of drug-likeness (QED) is 0.836. The fourth-order valence-electron chi connectivity index (χ4n) is 2.26. The summed E-state index contributed by atoms with van der Waals surface area (Å²) >= 11 is 9.51. The van der Waals surface area contributed by atoms with Crippen molar-refractivity contribution >= 4 is 46.4 Å². The van der Waals surface area contributed by atoms with Crippen LogP contribution in [0, 0.1) is 6.92 Å². The lowest BCUT2D eigenvalue weighted by molar-refractivity contribution is 0.215. The molecule has 0 bridgehead atoms. The summed E-state index contributed by atoms with van der Waals surface area (Å²) in [4.78, 5) is 16.9. The molecular weight excluding hydrogens is 324 g/mol. The first-order chi connectivity index (χ1) is 10.1. The smallest absolute Gasteiger partial charge is 0.308 e. The first-order valence-corrected chi connectivity index (χ1v) is 8.89. The first kappa shape index (κ1) is 14.8. The molecule has 6 heteroatoms. The molecule has 2 amide bonds. The van der Waals surface area contributed by atoms with E-state index in [4.69, 9.17) is 11.6 Å². The fraction of sp³-hybridized carbons (Fsp3) is 0.267. The maximum Gasteiger partial charge on any atom is 0.323 e. The molecule has 2 aromatic rings. The number of carbonyl (C=O) groups is 1. The van der Waals surface area contributed by atoms with Crippen molar-refractivity contribution in [2.75, 3.05) is 17.6 Å². The molecule has 1 saturated heterocycles. The highest BCUT2D eigenvalue weighted by molar-refractivity contribution is 7.99. The summed E-state index contributed by atoms with van der Waals surface area (Å²) in [7, 11) is 0. The lowest BCUT2D eigenvalue weighted by atomic mass is 10.3. The molecule has 0 radical (unpaired) electrons. The fourth-order valence-corrected chi connectivity index (χ4v) is 4.82. The number of halogens is 1. The Labute approximate surface area is 137 Å². The number of hydrogen-bond donors (Lipinski definition) is 1. The average Bonchev–Trinajstić information content (AvgIpc) is 3.06. The van der Waals surface area contributed by atoms with Gasteiger partial charge in [0.05, 0.1) is 0 Å². The number of anilines is 1. The lowest BCUT2D eigenvalue weighted by Gasteiger charge is -2.23. The largest absolute Gasteiger partial charge is 0.323 e. The third-order valence-electron chi connectivity index (χ3n) is 3.23. The van der Waals surface area contributed by atoms with Gasteiger partial charge in [0.2, 0.25) is 0 Å². The molecule has 21 heavy (non-hydrogen) atoms. The Bertz CT molecular complexity index is 659. The van der Waals surface area contributed by atoms with E-state index in [1.54, 1.807) is 23.5 Å². The summed E-state index contributed by atoms with van der Waals surface area (Å²) in [6.45, 7) is 2.85. The van der Waals surface area contributed by atoms with Crippen LogP contribution >= 0.6 is 34.7 Å². The van der Waals surface area contributed by atoms with Gasteiger partial charge in [-0.15, -0.1) is 23.1 Å². The van der Waals surface area contributed by atoms with Crippen molar-refractivity contribution in [2.45, 2.75) is 12.3 Å². The standard InChI is InChI=1S/C15H15ClN2OS2/c1-10-5-6-13(21-10)14-18(7-8-20-14)15(19)17-12-4-2-3-11(16)9-12/h2-6,9,14H,7-8H2,1H3,(H,17,19)/t14-/m0/s1. The van der Waals surface area contributed by atoms with Crippen molar-refractivity contribution in [1.82, 2.24) is 4.90 Å². The second kappa shape index (κ2) is 6.30. The average molecular weight is 339 g/mol. The molecule has 0 aliphatic carbocycles. The summed E-state index contributed by atoms with van der Waals surface area (Å²) in [6, 6.07) is 11.4. The summed E-state index contributed by atoms with van der Waals surface area (Å²) < 4.78 is 0. The van der Waals surface area contributed by atoms with E-state index in [0.29, 0.717) is 5.02 Å². The number of urea groups is 1. The zero-order valence-corrected chi connectivity index (χ0v) is 13.9. The van der Waals surface area contributed by atoms with Gasteiger partial charge in [0.15, 0.2) is 0 Å². The Morgan fingerprint density at radius 2 is 2.24 bits per heavy atom. The zero-order chi connectivity index (χ0) is 14.8. The van der Waals surface area contributed by atoms with Crippen LogP contribution in [0.1, 0.15) is 15.1 Å². The summed E-state index contributed by atoms with van der Waals surface area (Å²) in [5, 5.41) is 3.66. The van der Waals surface area contributed by atoms with E-state index in [-0.39, 0.29) is 11.4 Å². The number of benzene rings is 1. The number of hydrogen-bond acceptors (Lipinski definition) is 3. The van der Waals surface area contributed by atoms with Gasteiger partial charge >= 0.3 is 6.03 Å². The Hall–Kier alpha value is -1.17. The van der Waals surface area contributed by atoms with Crippen LogP contribution in [0.25, 0.3) is 0 Å². The Morgan fingerprint density at radius 1 is 1.38 bits per heavy atom. The number of nitrogens with one attached hydrogen (secondary N) is 1. The number of rotatable bonds is 2. The highest BCUT2D eigenvalue weighted by atomic mass is 35.5. The minimum atomic E-state index is -0.0710. The molecule has 3 rings (SSSR count). The van der Waals surface area contributed by atoms with Gasteiger partial charge in [0, 0.05) is 32.8 Å². The van der Waals surface area contributed by atoms with Gasteiger partial charge in [-0.2, -0.15) is 0 Å². The highest BCUT2D eigenvalue weighted by Crippen LogP contribution is 2.41.